The summed E-state index contributed by atoms with van der Waals surface area (Å²) in [7, 11) is 0. The third-order valence-electron chi connectivity index (χ3n) is 0. The summed E-state index contributed by atoms with van der Waals surface area (Å²) in [6.45, 7) is 0.972. The fourth-order valence-electron chi connectivity index (χ4n) is 0. The number of carboxylic acids is 1. The van der Waals surface area contributed by atoms with E-state index in [4.69, 9.17) is 9.90 Å². The molecule has 0 spiro atoms. The zero-order valence-electron chi connectivity index (χ0n) is 2.89. The molecule has 1 radical (unpaired) electrons. The molecule has 0 heterocycles. The Morgan fingerprint density at radius 1 is 1.80 bits per heavy atom. The van der Waals surface area contributed by atoms with Crippen LogP contribution in [0.4, 0.5) is 0 Å². The van der Waals surface area contributed by atoms with Crippen molar-refractivity contribution in [2.24, 2.45) is 0 Å². The van der Waals surface area contributed by atoms with Crippen molar-refractivity contribution in [1.82, 2.24) is 0 Å². The number of hydrogen-bond donors (Lipinski definition) is 0. The van der Waals surface area contributed by atoms with Gasteiger partial charge in [-0.05, 0) is 6.92 Å². The maximum Gasteiger partial charge on any atom is 0.0383 e. The zero-order valence-corrected chi connectivity index (χ0v) is 7.38. The van der Waals surface area contributed by atoms with Crippen LogP contribution in [0.3, 0.4) is 0 Å². The monoisotopic (exact) mass is 264 g/mol. The van der Waals surface area contributed by atoms with Crippen LogP contribution in [0, 0.1) is 0 Å². The molecule has 0 aromatic carbocycles. The van der Waals surface area contributed by atoms with Gasteiger partial charge in [-0.2, -0.15) is 0 Å². The molecule has 0 aliphatic rings. The molecule has 0 rings (SSSR count). The number of rotatable bonds is 0. The SMILES string of the molecule is CC(=O)[O-].[Tl]. The molecule has 0 fully saturated rings. The molecule has 5 heavy (non-hydrogen) atoms. The van der Waals surface area contributed by atoms with Gasteiger partial charge in [-0.3, -0.25) is 0 Å². The van der Waals surface area contributed by atoms with E-state index in [1.807, 2.05) is 0 Å². The topological polar surface area (TPSA) is 40.1 Å². The maximum atomic E-state index is 8.89. The second kappa shape index (κ2) is 4.39. The first-order valence-corrected chi connectivity index (χ1v) is 0.908. The Bertz CT molecular complexity index is 30.6. The molecule has 0 aliphatic carbocycles. The third-order valence-corrected chi connectivity index (χ3v) is 0. The van der Waals surface area contributed by atoms with Crippen molar-refractivity contribution in [1.29, 1.82) is 0 Å². The minimum absolute atomic E-state index is 0. The number of aliphatic carboxylic acids is 1. The molecule has 2 nitrogen and oxygen atoms in total. The summed E-state index contributed by atoms with van der Waals surface area (Å²) in [6.07, 6.45) is 0. The van der Waals surface area contributed by atoms with Crippen LogP contribution in [0.2, 0.25) is 0 Å². The molecule has 0 aromatic heterocycles. The van der Waals surface area contributed by atoms with Crippen LogP contribution in [0.1, 0.15) is 6.92 Å². The summed E-state index contributed by atoms with van der Waals surface area (Å²) in [5, 5.41) is 8.89. The Hall–Kier alpha value is 0.392. The number of carbonyl (C=O) groups is 1. The van der Waals surface area contributed by atoms with Crippen LogP contribution in [0.5, 0.6) is 0 Å². The van der Waals surface area contributed by atoms with Gasteiger partial charge in [0, 0.05) is 33.3 Å². The molecule has 0 bridgehead atoms. The van der Waals surface area contributed by atoms with Gasteiger partial charge >= 0.3 is 0 Å². The predicted molar refractivity (Wildman–Crippen MR) is 16.4 cm³/mol. The van der Waals surface area contributed by atoms with Crippen molar-refractivity contribution in [3.63, 3.8) is 0 Å². The smallest absolute Gasteiger partial charge is 0.0383 e. The van der Waals surface area contributed by atoms with Crippen LogP contribution < -0.4 is 5.11 Å². The van der Waals surface area contributed by atoms with E-state index in [2.05, 4.69) is 0 Å². The minimum atomic E-state index is -1.08. The van der Waals surface area contributed by atoms with E-state index in [0.717, 1.165) is 6.92 Å². The Morgan fingerprint density at radius 3 is 1.80 bits per heavy atom. The molecule has 27 valence electrons. The van der Waals surface area contributed by atoms with Crippen LogP contribution in [-0.2, 0) is 4.79 Å². The molecule has 0 aliphatic heterocycles. The second-order valence-electron chi connectivity index (χ2n) is 0.492. The maximum absolute atomic E-state index is 8.89. The van der Waals surface area contributed by atoms with E-state index >= 15 is 0 Å². The van der Waals surface area contributed by atoms with Gasteiger partial charge in [-0.25, -0.2) is 0 Å². The van der Waals surface area contributed by atoms with Crippen molar-refractivity contribution in [2.75, 3.05) is 0 Å². The number of carbonyl (C=O) groups excluding carboxylic acids is 1. The first kappa shape index (κ1) is 9.04. The Kier molecular flexibility index (Phi) is 7.94. The fraction of sp³-hybridized carbons (Fsp3) is 0.500. The van der Waals surface area contributed by atoms with Gasteiger partial charge in [0.15, 0.2) is 0 Å². The molecular weight excluding hydrogens is 260 g/mol. The van der Waals surface area contributed by atoms with Crippen LogP contribution in [-0.4, -0.2) is 33.3 Å². The fourth-order valence-corrected chi connectivity index (χ4v) is 0. The summed E-state index contributed by atoms with van der Waals surface area (Å²) in [5.74, 6) is -1.08. The van der Waals surface area contributed by atoms with Crippen molar-refractivity contribution in [2.45, 2.75) is 6.92 Å². The average molecular weight is 263 g/mol. The minimum Gasteiger partial charge on any atom is -0.550 e. The van der Waals surface area contributed by atoms with Gasteiger partial charge in [0.05, 0.1) is 0 Å². The van der Waals surface area contributed by atoms with Gasteiger partial charge in [0.1, 0.15) is 0 Å². The summed E-state index contributed by atoms with van der Waals surface area (Å²) in [5.41, 5.74) is 0. The largest absolute Gasteiger partial charge is 0.550 e. The van der Waals surface area contributed by atoms with Crippen LogP contribution in [0.15, 0.2) is 0 Å². The van der Waals surface area contributed by atoms with Crippen molar-refractivity contribution < 1.29 is 9.90 Å². The molecule has 3 heteroatoms. The Morgan fingerprint density at radius 2 is 1.80 bits per heavy atom. The Labute approximate surface area is 50.3 Å². The normalized spacial score (nSPS) is 5.00. The first-order chi connectivity index (χ1) is 1.73. The second-order valence-corrected chi connectivity index (χ2v) is 0.492. The van der Waals surface area contributed by atoms with E-state index in [0.29, 0.717) is 0 Å². The number of carboxylic acid groups (broad SMARTS) is 1. The molecular formula is C2H3O2Tl-. The molecule has 0 unspecified atom stereocenters. The number of hydrogen-bond acceptors (Lipinski definition) is 2. The van der Waals surface area contributed by atoms with E-state index in [1.165, 1.54) is 0 Å². The van der Waals surface area contributed by atoms with Crippen LogP contribution in [0.25, 0.3) is 0 Å². The van der Waals surface area contributed by atoms with Crippen LogP contribution >= 0.6 is 0 Å². The van der Waals surface area contributed by atoms with Gasteiger partial charge < -0.3 is 9.90 Å². The molecule has 0 aromatic rings. The quantitative estimate of drug-likeness (QED) is 0.493. The van der Waals surface area contributed by atoms with E-state index in [1.54, 1.807) is 0 Å². The van der Waals surface area contributed by atoms with Crippen molar-refractivity contribution in [3.8, 4) is 0 Å². The first-order valence-electron chi connectivity index (χ1n) is 0.908. The molecule has 0 amide bonds. The van der Waals surface area contributed by atoms with Crippen molar-refractivity contribution in [3.05, 3.63) is 0 Å². The van der Waals surface area contributed by atoms with Gasteiger partial charge in [0.2, 0.25) is 0 Å². The summed E-state index contributed by atoms with van der Waals surface area (Å²) in [6, 6.07) is 0. The van der Waals surface area contributed by atoms with Gasteiger partial charge in [-0.1, -0.05) is 0 Å². The Balaban J connectivity index is 0. The summed E-state index contributed by atoms with van der Waals surface area (Å²) < 4.78 is 0. The average Bonchev–Trinajstić information content (AvgIpc) is 0.811. The van der Waals surface area contributed by atoms with Gasteiger partial charge in [0.25, 0.3) is 0 Å². The molecule has 0 atom stereocenters. The predicted octanol–water partition coefficient (Wildman–Crippen LogP) is -1.62. The molecule has 0 saturated carbocycles. The third kappa shape index (κ3) is 163. The molecule has 0 N–H and O–H groups in total. The van der Waals surface area contributed by atoms with E-state index < -0.39 is 5.97 Å². The van der Waals surface area contributed by atoms with E-state index in [-0.39, 0.29) is 27.3 Å². The standard InChI is InChI=1S/C2H4O2.Tl/c1-2(3)4;/h1H3,(H,3,4);/p-1. The molecule has 0 saturated heterocycles. The van der Waals surface area contributed by atoms with E-state index in [9.17, 15) is 0 Å². The zero-order chi connectivity index (χ0) is 3.58. The summed E-state index contributed by atoms with van der Waals surface area (Å²) >= 11 is 0. The van der Waals surface area contributed by atoms with Gasteiger partial charge in [-0.15, -0.1) is 0 Å². The summed E-state index contributed by atoms with van der Waals surface area (Å²) in [4.78, 5) is 8.89. The van der Waals surface area contributed by atoms with Crippen molar-refractivity contribution >= 4 is 33.3 Å².